The second-order valence-corrected chi connectivity index (χ2v) is 4.29. The number of nitrogens with zero attached hydrogens (tertiary/aromatic N) is 2. The monoisotopic (exact) mass is 290 g/mol. The molecule has 0 fully saturated rings. The molecule has 0 radical (unpaired) electrons. The topological polar surface area (TPSA) is 94.7 Å². The highest BCUT2D eigenvalue weighted by molar-refractivity contribution is 5.52. The summed E-state index contributed by atoms with van der Waals surface area (Å²) in [5.74, 6) is 0.802. The van der Waals surface area contributed by atoms with Gasteiger partial charge in [0.15, 0.2) is 0 Å². The van der Waals surface area contributed by atoms with Crippen LogP contribution in [0.5, 0.6) is 17.2 Å². The fourth-order valence-corrected chi connectivity index (χ4v) is 1.68. The molecule has 1 N–H and O–H groups in total. The van der Waals surface area contributed by atoms with Crippen LogP contribution in [-0.4, -0.2) is 22.1 Å². The number of hydrogen-bond acceptors (Lipinski definition) is 6. The Hall–Kier alpha value is -2.67. The van der Waals surface area contributed by atoms with E-state index in [1.807, 2.05) is 0 Å². The number of benzene rings is 1. The molecule has 0 bridgehead atoms. The third-order valence-electron chi connectivity index (χ3n) is 2.78. The number of aliphatic hydroxyl groups excluding tert-OH is 1. The van der Waals surface area contributed by atoms with E-state index < -0.39 is 11.0 Å². The standard InChI is InChI=1S/C14H14N2O5/c1-9(17)12-5-3-11(8-15-12)21-14-6-4-10(20-2)7-13(14)16(18)19/h3-9,17H,1-2H3. The molecular weight excluding hydrogens is 276 g/mol. The fourth-order valence-electron chi connectivity index (χ4n) is 1.68. The molecule has 1 atom stereocenters. The Labute approximate surface area is 120 Å². The Morgan fingerprint density at radius 3 is 2.52 bits per heavy atom. The second-order valence-electron chi connectivity index (χ2n) is 4.29. The summed E-state index contributed by atoms with van der Waals surface area (Å²) in [6.45, 7) is 1.59. The smallest absolute Gasteiger partial charge is 0.315 e. The first kappa shape index (κ1) is 14.7. The minimum Gasteiger partial charge on any atom is -0.496 e. The molecule has 7 heteroatoms. The predicted molar refractivity (Wildman–Crippen MR) is 74.6 cm³/mol. The Bertz CT molecular complexity index is 640. The van der Waals surface area contributed by atoms with E-state index in [0.717, 1.165) is 0 Å². The van der Waals surface area contributed by atoms with E-state index >= 15 is 0 Å². The summed E-state index contributed by atoms with van der Waals surface area (Å²) in [5.41, 5.74) is 0.292. The molecule has 7 nitrogen and oxygen atoms in total. The van der Waals surface area contributed by atoms with Crippen molar-refractivity contribution in [2.24, 2.45) is 0 Å². The number of aromatic nitrogens is 1. The van der Waals surface area contributed by atoms with E-state index in [1.54, 1.807) is 25.1 Å². The third-order valence-corrected chi connectivity index (χ3v) is 2.78. The van der Waals surface area contributed by atoms with Gasteiger partial charge in [0.1, 0.15) is 11.5 Å². The first-order valence-electron chi connectivity index (χ1n) is 6.15. The first-order chi connectivity index (χ1) is 10.0. The van der Waals surface area contributed by atoms with Crippen molar-refractivity contribution in [1.29, 1.82) is 0 Å². The van der Waals surface area contributed by atoms with E-state index in [9.17, 15) is 15.2 Å². The van der Waals surface area contributed by atoms with E-state index in [0.29, 0.717) is 17.2 Å². The lowest BCUT2D eigenvalue weighted by Crippen LogP contribution is -1.97. The molecule has 1 aromatic heterocycles. The molecule has 110 valence electrons. The highest BCUT2D eigenvalue weighted by atomic mass is 16.6. The number of rotatable bonds is 5. The highest BCUT2D eigenvalue weighted by Gasteiger charge is 2.17. The number of hydrogen-bond donors (Lipinski definition) is 1. The number of aliphatic hydroxyl groups is 1. The van der Waals surface area contributed by atoms with Crippen molar-refractivity contribution < 1.29 is 19.5 Å². The van der Waals surface area contributed by atoms with Crippen LogP contribution in [0.2, 0.25) is 0 Å². The Kier molecular flexibility index (Phi) is 4.34. The molecule has 2 aromatic rings. The summed E-state index contributed by atoms with van der Waals surface area (Å²) in [6, 6.07) is 7.49. The van der Waals surface area contributed by atoms with Crippen LogP contribution in [0, 0.1) is 10.1 Å². The van der Waals surface area contributed by atoms with Gasteiger partial charge in [-0.15, -0.1) is 0 Å². The van der Waals surface area contributed by atoms with Gasteiger partial charge < -0.3 is 14.6 Å². The van der Waals surface area contributed by atoms with Gasteiger partial charge in [0, 0.05) is 0 Å². The molecular formula is C14H14N2O5. The van der Waals surface area contributed by atoms with Crippen molar-refractivity contribution in [2.75, 3.05) is 7.11 Å². The van der Waals surface area contributed by atoms with Gasteiger partial charge in [-0.1, -0.05) is 0 Å². The van der Waals surface area contributed by atoms with E-state index in [-0.39, 0.29) is 11.4 Å². The largest absolute Gasteiger partial charge is 0.496 e. The number of nitro groups is 1. The number of methoxy groups -OCH3 is 1. The van der Waals surface area contributed by atoms with E-state index in [1.165, 1.54) is 25.4 Å². The quantitative estimate of drug-likeness (QED) is 0.672. The van der Waals surface area contributed by atoms with Gasteiger partial charge in [0.2, 0.25) is 5.75 Å². The molecule has 0 spiro atoms. The van der Waals surface area contributed by atoms with Crippen molar-refractivity contribution in [2.45, 2.75) is 13.0 Å². The molecule has 0 aliphatic heterocycles. The molecule has 21 heavy (non-hydrogen) atoms. The molecule has 0 aliphatic carbocycles. The maximum atomic E-state index is 11.0. The zero-order chi connectivity index (χ0) is 15.4. The van der Waals surface area contributed by atoms with Gasteiger partial charge in [-0.3, -0.25) is 15.1 Å². The summed E-state index contributed by atoms with van der Waals surface area (Å²) in [4.78, 5) is 14.5. The van der Waals surface area contributed by atoms with Crippen LogP contribution in [-0.2, 0) is 0 Å². The SMILES string of the molecule is COc1ccc(Oc2ccc(C(C)O)nc2)c([N+](=O)[O-])c1. The Balaban J connectivity index is 2.28. The molecule has 1 unspecified atom stereocenters. The van der Waals surface area contributed by atoms with Crippen molar-refractivity contribution in [3.05, 3.63) is 52.3 Å². The van der Waals surface area contributed by atoms with Crippen LogP contribution >= 0.6 is 0 Å². The molecule has 1 heterocycles. The maximum Gasteiger partial charge on any atom is 0.315 e. The lowest BCUT2D eigenvalue weighted by Gasteiger charge is -2.08. The zero-order valence-electron chi connectivity index (χ0n) is 11.5. The van der Waals surface area contributed by atoms with Gasteiger partial charge in [-0.05, 0) is 31.2 Å². The van der Waals surface area contributed by atoms with Crippen molar-refractivity contribution in [1.82, 2.24) is 4.98 Å². The average Bonchev–Trinajstić information content (AvgIpc) is 2.48. The van der Waals surface area contributed by atoms with Crippen molar-refractivity contribution in [3.8, 4) is 17.2 Å². The first-order valence-corrected chi connectivity index (χ1v) is 6.15. The van der Waals surface area contributed by atoms with E-state index in [2.05, 4.69) is 4.98 Å². The van der Waals surface area contributed by atoms with Crippen LogP contribution in [0.3, 0.4) is 0 Å². The lowest BCUT2D eigenvalue weighted by molar-refractivity contribution is -0.385. The number of pyridine rings is 1. The zero-order valence-corrected chi connectivity index (χ0v) is 11.5. The molecule has 0 saturated carbocycles. The van der Waals surface area contributed by atoms with Gasteiger partial charge in [-0.2, -0.15) is 0 Å². The van der Waals surface area contributed by atoms with E-state index in [4.69, 9.17) is 9.47 Å². The third kappa shape index (κ3) is 3.46. The summed E-state index contributed by atoms with van der Waals surface area (Å²) in [7, 11) is 1.43. The molecule has 0 amide bonds. The summed E-state index contributed by atoms with van der Waals surface area (Å²) < 4.78 is 10.4. The van der Waals surface area contributed by atoms with Gasteiger partial charge in [0.25, 0.3) is 0 Å². The fraction of sp³-hybridized carbons (Fsp3) is 0.214. The normalized spacial score (nSPS) is 11.8. The Morgan fingerprint density at radius 2 is 2.00 bits per heavy atom. The Morgan fingerprint density at radius 1 is 1.29 bits per heavy atom. The lowest BCUT2D eigenvalue weighted by atomic mass is 10.2. The molecule has 0 aliphatic rings. The summed E-state index contributed by atoms with van der Waals surface area (Å²) in [6.07, 6.45) is 0.713. The summed E-state index contributed by atoms with van der Waals surface area (Å²) in [5, 5.41) is 20.4. The highest BCUT2D eigenvalue weighted by Crippen LogP contribution is 2.34. The average molecular weight is 290 g/mol. The van der Waals surface area contributed by atoms with Crippen LogP contribution in [0.25, 0.3) is 0 Å². The number of ether oxygens (including phenoxy) is 2. The minimum absolute atomic E-state index is 0.0902. The van der Waals surface area contributed by atoms with Crippen LogP contribution in [0.4, 0.5) is 5.69 Å². The molecule has 1 aromatic carbocycles. The van der Waals surface area contributed by atoms with Crippen molar-refractivity contribution in [3.63, 3.8) is 0 Å². The number of nitro benzene ring substituents is 1. The predicted octanol–water partition coefficient (Wildman–Crippen LogP) is 2.84. The van der Waals surface area contributed by atoms with Crippen molar-refractivity contribution >= 4 is 5.69 Å². The van der Waals surface area contributed by atoms with Gasteiger partial charge >= 0.3 is 5.69 Å². The second kappa shape index (κ2) is 6.19. The van der Waals surface area contributed by atoms with Gasteiger partial charge in [0.05, 0.1) is 36.1 Å². The molecule has 2 rings (SSSR count). The molecule has 0 saturated heterocycles. The van der Waals surface area contributed by atoms with Crippen LogP contribution in [0.15, 0.2) is 36.5 Å². The van der Waals surface area contributed by atoms with Crippen LogP contribution in [0.1, 0.15) is 18.7 Å². The maximum absolute atomic E-state index is 11.0. The van der Waals surface area contributed by atoms with Gasteiger partial charge in [-0.25, -0.2) is 0 Å². The van der Waals surface area contributed by atoms with Crippen LogP contribution < -0.4 is 9.47 Å². The minimum atomic E-state index is -0.686. The summed E-state index contributed by atoms with van der Waals surface area (Å²) >= 11 is 0.